The summed E-state index contributed by atoms with van der Waals surface area (Å²) in [7, 11) is 3.60. The first kappa shape index (κ1) is 12.1. The number of hydrogen-bond donors (Lipinski definition) is 1. The van der Waals surface area contributed by atoms with Gasteiger partial charge in [-0.3, -0.25) is 4.90 Å². The van der Waals surface area contributed by atoms with Gasteiger partial charge in [0.1, 0.15) is 5.01 Å². The zero-order chi connectivity index (χ0) is 11.3. The summed E-state index contributed by atoms with van der Waals surface area (Å²) in [6.07, 6.45) is 0. The molecule has 6 heteroatoms. The average Bonchev–Trinajstić information content (AvgIpc) is 2.63. The van der Waals surface area contributed by atoms with Gasteiger partial charge >= 0.3 is 5.97 Å². The second kappa shape index (κ2) is 5.79. The van der Waals surface area contributed by atoms with Crippen LogP contribution in [0.4, 0.5) is 0 Å². The smallest absolute Gasteiger partial charge is 0.355 e. The minimum absolute atomic E-state index is 0.121. The lowest BCUT2D eigenvalue weighted by molar-refractivity contribution is 0.0691. The fourth-order valence-corrected chi connectivity index (χ4v) is 1.89. The predicted octanol–water partition coefficient (Wildman–Crippen LogP) is 0.920. The van der Waals surface area contributed by atoms with Crippen LogP contribution in [0.5, 0.6) is 0 Å². The number of thiazole rings is 1. The van der Waals surface area contributed by atoms with Crippen molar-refractivity contribution in [3.8, 4) is 0 Å². The van der Waals surface area contributed by atoms with Gasteiger partial charge in [-0.25, -0.2) is 9.78 Å². The molecule has 0 bridgehead atoms. The molecule has 0 atom stereocenters. The van der Waals surface area contributed by atoms with Crippen LogP contribution in [0, 0.1) is 0 Å². The van der Waals surface area contributed by atoms with Gasteiger partial charge in [0.15, 0.2) is 5.69 Å². The van der Waals surface area contributed by atoms with Crippen molar-refractivity contribution in [1.29, 1.82) is 0 Å². The van der Waals surface area contributed by atoms with Gasteiger partial charge < -0.3 is 9.84 Å². The first-order valence-electron chi connectivity index (χ1n) is 4.48. The van der Waals surface area contributed by atoms with Crippen LogP contribution in [0.3, 0.4) is 0 Å². The van der Waals surface area contributed by atoms with Gasteiger partial charge in [0.05, 0.1) is 13.2 Å². The number of methoxy groups -OCH3 is 1. The molecular formula is C9H14N2O3S. The van der Waals surface area contributed by atoms with Crippen molar-refractivity contribution in [2.24, 2.45) is 0 Å². The van der Waals surface area contributed by atoms with Crippen LogP contribution in [0.1, 0.15) is 15.5 Å². The van der Waals surface area contributed by atoms with E-state index in [9.17, 15) is 4.79 Å². The van der Waals surface area contributed by atoms with Crippen molar-refractivity contribution in [3.63, 3.8) is 0 Å². The van der Waals surface area contributed by atoms with Gasteiger partial charge in [-0.15, -0.1) is 11.3 Å². The zero-order valence-electron chi connectivity index (χ0n) is 8.77. The van der Waals surface area contributed by atoms with E-state index in [4.69, 9.17) is 9.84 Å². The first-order chi connectivity index (χ1) is 7.13. The van der Waals surface area contributed by atoms with E-state index in [1.54, 1.807) is 12.5 Å². The fraction of sp³-hybridized carbons (Fsp3) is 0.556. The van der Waals surface area contributed by atoms with E-state index in [2.05, 4.69) is 4.98 Å². The van der Waals surface area contributed by atoms with Gasteiger partial charge in [0.2, 0.25) is 0 Å². The molecule has 1 rings (SSSR count). The van der Waals surface area contributed by atoms with E-state index in [0.717, 1.165) is 11.6 Å². The molecule has 0 radical (unpaired) electrons. The summed E-state index contributed by atoms with van der Waals surface area (Å²) in [4.78, 5) is 16.6. The molecule has 1 N–H and O–H groups in total. The number of carboxylic acid groups (broad SMARTS) is 1. The third-order valence-corrected chi connectivity index (χ3v) is 2.69. The summed E-state index contributed by atoms with van der Waals surface area (Å²) < 4.78 is 4.94. The summed E-state index contributed by atoms with van der Waals surface area (Å²) >= 11 is 1.37. The van der Waals surface area contributed by atoms with Crippen LogP contribution in [0.25, 0.3) is 0 Å². The van der Waals surface area contributed by atoms with Crippen molar-refractivity contribution >= 4 is 17.3 Å². The Morgan fingerprint density at radius 2 is 2.47 bits per heavy atom. The molecule has 0 unspecified atom stereocenters. The summed E-state index contributed by atoms with van der Waals surface area (Å²) in [5.74, 6) is -0.975. The lowest BCUT2D eigenvalue weighted by atomic mass is 10.5. The number of carboxylic acids is 1. The normalized spacial score (nSPS) is 10.9. The van der Waals surface area contributed by atoms with Crippen LogP contribution in [-0.2, 0) is 11.3 Å². The van der Waals surface area contributed by atoms with E-state index in [0.29, 0.717) is 13.2 Å². The lowest BCUT2D eigenvalue weighted by Crippen LogP contribution is -2.22. The molecule has 0 aliphatic carbocycles. The maximum absolute atomic E-state index is 10.6. The molecule has 0 spiro atoms. The molecule has 0 aliphatic rings. The first-order valence-corrected chi connectivity index (χ1v) is 5.36. The average molecular weight is 230 g/mol. The van der Waals surface area contributed by atoms with E-state index >= 15 is 0 Å². The SMILES string of the molecule is COCCN(C)Cc1nc(C(=O)O)cs1. The number of carbonyl (C=O) groups is 1. The van der Waals surface area contributed by atoms with Crippen molar-refractivity contribution in [2.45, 2.75) is 6.54 Å². The monoisotopic (exact) mass is 230 g/mol. The number of ether oxygens (including phenoxy) is 1. The summed E-state index contributed by atoms with van der Waals surface area (Å²) in [6.45, 7) is 2.12. The largest absolute Gasteiger partial charge is 0.476 e. The highest BCUT2D eigenvalue weighted by molar-refractivity contribution is 7.09. The van der Waals surface area contributed by atoms with Crippen LogP contribution >= 0.6 is 11.3 Å². The number of likely N-dealkylation sites (N-methyl/N-ethyl adjacent to an activating group) is 1. The molecule has 1 aromatic rings. The van der Waals surface area contributed by atoms with Crippen molar-refractivity contribution in [1.82, 2.24) is 9.88 Å². The molecule has 1 aromatic heterocycles. The molecule has 0 aliphatic heterocycles. The number of aromatic carboxylic acids is 1. The molecule has 84 valence electrons. The maximum Gasteiger partial charge on any atom is 0.355 e. The van der Waals surface area contributed by atoms with Crippen LogP contribution < -0.4 is 0 Å². The zero-order valence-corrected chi connectivity index (χ0v) is 9.58. The fourth-order valence-electron chi connectivity index (χ4n) is 1.04. The van der Waals surface area contributed by atoms with Crippen molar-refractivity contribution < 1.29 is 14.6 Å². The highest BCUT2D eigenvalue weighted by atomic mass is 32.1. The third kappa shape index (κ3) is 3.94. The minimum atomic E-state index is -0.975. The second-order valence-electron chi connectivity index (χ2n) is 3.16. The molecule has 0 aromatic carbocycles. The molecular weight excluding hydrogens is 216 g/mol. The number of aromatic nitrogens is 1. The standard InChI is InChI=1S/C9H14N2O3S/c1-11(3-4-14-2)5-8-10-7(6-15-8)9(12)13/h6H,3-5H2,1-2H3,(H,12,13). The third-order valence-electron chi connectivity index (χ3n) is 1.85. The van der Waals surface area contributed by atoms with Gasteiger partial charge in [0.25, 0.3) is 0 Å². The van der Waals surface area contributed by atoms with E-state index in [-0.39, 0.29) is 5.69 Å². The lowest BCUT2D eigenvalue weighted by Gasteiger charge is -2.13. The summed E-state index contributed by atoms with van der Waals surface area (Å²) in [6, 6.07) is 0. The second-order valence-corrected chi connectivity index (χ2v) is 4.10. The van der Waals surface area contributed by atoms with Crippen LogP contribution in [0.15, 0.2) is 5.38 Å². The molecule has 0 saturated heterocycles. The highest BCUT2D eigenvalue weighted by Crippen LogP contribution is 2.11. The minimum Gasteiger partial charge on any atom is -0.476 e. The highest BCUT2D eigenvalue weighted by Gasteiger charge is 2.09. The molecule has 5 nitrogen and oxygen atoms in total. The van der Waals surface area contributed by atoms with Crippen LogP contribution in [-0.4, -0.2) is 48.3 Å². The maximum atomic E-state index is 10.6. The Hall–Kier alpha value is -0.980. The molecule has 0 fully saturated rings. The van der Waals surface area contributed by atoms with E-state index < -0.39 is 5.97 Å². The van der Waals surface area contributed by atoms with E-state index in [1.807, 2.05) is 11.9 Å². The Morgan fingerprint density at radius 1 is 1.73 bits per heavy atom. The van der Waals surface area contributed by atoms with Gasteiger partial charge in [-0.2, -0.15) is 0 Å². The van der Waals surface area contributed by atoms with Gasteiger partial charge in [-0.05, 0) is 7.05 Å². The van der Waals surface area contributed by atoms with Crippen molar-refractivity contribution in [2.75, 3.05) is 27.3 Å². The Balaban J connectivity index is 2.46. The predicted molar refractivity (Wildman–Crippen MR) is 57.3 cm³/mol. The van der Waals surface area contributed by atoms with Crippen molar-refractivity contribution in [3.05, 3.63) is 16.1 Å². The van der Waals surface area contributed by atoms with E-state index in [1.165, 1.54) is 11.3 Å². The topological polar surface area (TPSA) is 62.7 Å². The number of nitrogens with zero attached hydrogens (tertiary/aromatic N) is 2. The summed E-state index contributed by atoms with van der Waals surface area (Å²) in [5, 5.41) is 11.1. The molecule has 0 amide bonds. The van der Waals surface area contributed by atoms with Gasteiger partial charge in [0, 0.05) is 19.0 Å². The Kier molecular flexibility index (Phi) is 4.67. The molecule has 1 heterocycles. The molecule has 0 saturated carbocycles. The quantitative estimate of drug-likeness (QED) is 0.787. The Bertz CT molecular complexity index is 327. The molecule has 15 heavy (non-hydrogen) atoms. The van der Waals surface area contributed by atoms with Gasteiger partial charge in [-0.1, -0.05) is 0 Å². The Labute approximate surface area is 92.3 Å². The number of hydrogen-bond acceptors (Lipinski definition) is 5. The number of rotatable bonds is 6. The van der Waals surface area contributed by atoms with Crippen LogP contribution in [0.2, 0.25) is 0 Å². The summed E-state index contributed by atoms with van der Waals surface area (Å²) in [5.41, 5.74) is 0.121. The Morgan fingerprint density at radius 3 is 3.00 bits per heavy atom.